The van der Waals surface area contributed by atoms with E-state index in [0.717, 1.165) is 5.56 Å². The van der Waals surface area contributed by atoms with E-state index in [0.29, 0.717) is 11.3 Å². The number of nitro groups is 1. The van der Waals surface area contributed by atoms with Crippen molar-refractivity contribution in [1.29, 1.82) is 0 Å². The van der Waals surface area contributed by atoms with E-state index >= 15 is 0 Å². The lowest BCUT2D eigenvalue weighted by Crippen LogP contribution is -2.11. The Kier molecular flexibility index (Phi) is 4.80. The summed E-state index contributed by atoms with van der Waals surface area (Å²) in [6, 6.07) is 14.9. The first-order valence-corrected chi connectivity index (χ1v) is 8.28. The second-order valence-electron chi connectivity index (χ2n) is 5.15. The lowest BCUT2D eigenvalue weighted by molar-refractivity contribution is -0.384. The molecule has 0 aliphatic rings. The van der Waals surface area contributed by atoms with Gasteiger partial charge >= 0.3 is 0 Å². The van der Waals surface area contributed by atoms with Gasteiger partial charge in [-0.1, -0.05) is 54.2 Å². The SMILES string of the molecule is O=c1[nH]c(SCc2ccc([N+](=O)[O-])cc2)nc(O)c1-c1ccccc1. The Hall–Kier alpha value is -3.13. The van der Waals surface area contributed by atoms with Crippen LogP contribution in [0.3, 0.4) is 0 Å². The molecule has 0 bridgehead atoms. The van der Waals surface area contributed by atoms with Crippen molar-refractivity contribution in [2.24, 2.45) is 0 Å². The number of aromatic amines is 1. The van der Waals surface area contributed by atoms with Gasteiger partial charge in [0, 0.05) is 17.9 Å². The molecule has 2 aromatic carbocycles. The molecule has 0 unspecified atom stereocenters. The number of hydrogen-bond donors (Lipinski definition) is 2. The van der Waals surface area contributed by atoms with E-state index in [1.54, 1.807) is 36.4 Å². The van der Waals surface area contributed by atoms with Crippen LogP contribution in [0.2, 0.25) is 0 Å². The first kappa shape index (κ1) is 16.7. The Morgan fingerprint density at radius 1 is 1.12 bits per heavy atom. The topological polar surface area (TPSA) is 109 Å². The molecule has 0 atom stereocenters. The van der Waals surface area contributed by atoms with Crippen LogP contribution in [0.1, 0.15) is 5.56 Å². The summed E-state index contributed by atoms with van der Waals surface area (Å²) < 4.78 is 0. The fraction of sp³-hybridized carbons (Fsp3) is 0.0588. The van der Waals surface area contributed by atoms with Gasteiger partial charge in [-0.3, -0.25) is 14.9 Å². The zero-order valence-electron chi connectivity index (χ0n) is 12.9. The van der Waals surface area contributed by atoms with E-state index in [1.807, 2.05) is 6.07 Å². The molecule has 1 heterocycles. The Balaban J connectivity index is 1.78. The van der Waals surface area contributed by atoms with E-state index in [-0.39, 0.29) is 22.3 Å². The number of aromatic hydroxyl groups is 1. The van der Waals surface area contributed by atoms with Crippen LogP contribution in [-0.2, 0) is 5.75 Å². The highest BCUT2D eigenvalue weighted by molar-refractivity contribution is 7.98. The van der Waals surface area contributed by atoms with E-state index in [2.05, 4.69) is 9.97 Å². The third kappa shape index (κ3) is 3.86. The smallest absolute Gasteiger partial charge is 0.269 e. The van der Waals surface area contributed by atoms with Crippen molar-refractivity contribution in [3.05, 3.63) is 80.6 Å². The van der Waals surface area contributed by atoms with Crippen LogP contribution in [-0.4, -0.2) is 20.0 Å². The van der Waals surface area contributed by atoms with Crippen LogP contribution < -0.4 is 5.56 Å². The van der Waals surface area contributed by atoms with Crippen LogP contribution in [0.4, 0.5) is 5.69 Å². The summed E-state index contributed by atoms with van der Waals surface area (Å²) in [7, 11) is 0. The first-order valence-electron chi connectivity index (χ1n) is 7.29. The molecule has 7 nitrogen and oxygen atoms in total. The van der Waals surface area contributed by atoms with Gasteiger partial charge in [0.1, 0.15) is 5.56 Å². The molecular formula is C17H13N3O4S. The van der Waals surface area contributed by atoms with Crippen LogP contribution in [0, 0.1) is 10.1 Å². The Morgan fingerprint density at radius 2 is 1.80 bits per heavy atom. The fourth-order valence-electron chi connectivity index (χ4n) is 2.24. The fourth-order valence-corrected chi connectivity index (χ4v) is 3.05. The van der Waals surface area contributed by atoms with Crippen molar-refractivity contribution >= 4 is 17.4 Å². The molecule has 126 valence electrons. The van der Waals surface area contributed by atoms with Crippen LogP contribution >= 0.6 is 11.8 Å². The van der Waals surface area contributed by atoms with Gasteiger partial charge in [-0.05, 0) is 11.1 Å². The predicted octanol–water partition coefficient (Wildman–Crippen LogP) is 3.34. The number of H-pyrrole nitrogens is 1. The molecule has 0 radical (unpaired) electrons. The highest BCUT2D eigenvalue weighted by Crippen LogP contribution is 2.26. The molecule has 0 saturated carbocycles. The highest BCUT2D eigenvalue weighted by Gasteiger charge is 2.13. The largest absolute Gasteiger partial charge is 0.493 e. The van der Waals surface area contributed by atoms with E-state index in [1.165, 1.54) is 23.9 Å². The summed E-state index contributed by atoms with van der Waals surface area (Å²) in [5.41, 5.74) is 1.14. The summed E-state index contributed by atoms with van der Waals surface area (Å²) in [5, 5.41) is 21.0. The maximum absolute atomic E-state index is 12.2. The van der Waals surface area contributed by atoms with Gasteiger partial charge in [-0.15, -0.1) is 0 Å². The summed E-state index contributed by atoms with van der Waals surface area (Å²) >= 11 is 1.22. The number of thioether (sulfide) groups is 1. The van der Waals surface area contributed by atoms with Gasteiger partial charge in [0.2, 0.25) is 5.88 Å². The van der Waals surface area contributed by atoms with Crippen molar-refractivity contribution in [3.8, 4) is 17.0 Å². The van der Waals surface area contributed by atoms with Gasteiger partial charge in [-0.25, -0.2) is 0 Å². The zero-order chi connectivity index (χ0) is 17.8. The summed E-state index contributed by atoms with van der Waals surface area (Å²) in [6.07, 6.45) is 0. The molecule has 3 aromatic rings. The lowest BCUT2D eigenvalue weighted by atomic mass is 10.1. The number of nitrogens with one attached hydrogen (secondary N) is 1. The summed E-state index contributed by atoms with van der Waals surface area (Å²) in [4.78, 5) is 29.1. The molecular weight excluding hydrogens is 342 g/mol. The lowest BCUT2D eigenvalue weighted by Gasteiger charge is -2.06. The number of hydrogen-bond acceptors (Lipinski definition) is 6. The molecule has 0 saturated heterocycles. The normalized spacial score (nSPS) is 10.6. The summed E-state index contributed by atoms with van der Waals surface area (Å²) in [6.45, 7) is 0. The molecule has 0 spiro atoms. The maximum atomic E-state index is 12.2. The van der Waals surface area contributed by atoms with Gasteiger partial charge in [0.15, 0.2) is 5.16 Å². The predicted molar refractivity (Wildman–Crippen MR) is 94.6 cm³/mol. The Bertz CT molecular complexity index is 956. The number of benzene rings is 2. The second-order valence-corrected chi connectivity index (χ2v) is 6.11. The molecule has 25 heavy (non-hydrogen) atoms. The molecule has 8 heteroatoms. The average molecular weight is 355 g/mol. The zero-order valence-corrected chi connectivity index (χ0v) is 13.7. The number of nitrogens with zero attached hydrogens (tertiary/aromatic N) is 2. The Labute approximate surface area is 146 Å². The molecule has 1 aromatic heterocycles. The molecule has 0 aliphatic carbocycles. The average Bonchev–Trinajstić information content (AvgIpc) is 2.61. The van der Waals surface area contributed by atoms with Gasteiger partial charge < -0.3 is 10.1 Å². The van der Waals surface area contributed by atoms with Crippen LogP contribution in [0.25, 0.3) is 11.1 Å². The van der Waals surface area contributed by atoms with E-state index < -0.39 is 10.5 Å². The van der Waals surface area contributed by atoms with Crippen molar-refractivity contribution in [1.82, 2.24) is 9.97 Å². The van der Waals surface area contributed by atoms with Gasteiger partial charge in [0.05, 0.1) is 4.92 Å². The minimum atomic E-state index is -0.462. The standard InChI is InChI=1S/C17H13N3O4S/c21-15-14(12-4-2-1-3-5-12)16(22)19-17(18-15)25-10-11-6-8-13(9-7-11)20(23)24/h1-9H,10H2,(H2,18,19,21,22). The number of rotatable bonds is 5. The van der Waals surface area contributed by atoms with Crippen LogP contribution in [0.15, 0.2) is 64.5 Å². The third-order valence-electron chi connectivity index (χ3n) is 3.46. The molecule has 0 aliphatic heterocycles. The first-order chi connectivity index (χ1) is 12.0. The molecule has 0 fully saturated rings. The minimum Gasteiger partial charge on any atom is -0.493 e. The number of nitro benzene ring substituents is 1. The quantitative estimate of drug-likeness (QED) is 0.314. The second kappa shape index (κ2) is 7.18. The van der Waals surface area contributed by atoms with E-state index in [9.17, 15) is 20.0 Å². The van der Waals surface area contributed by atoms with Crippen molar-refractivity contribution < 1.29 is 10.0 Å². The van der Waals surface area contributed by atoms with E-state index in [4.69, 9.17) is 0 Å². The van der Waals surface area contributed by atoms with Crippen molar-refractivity contribution in [2.45, 2.75) is 10.9 Å². The van der Waals surface area contributed by atoms with Gasteiger partial charge in [-0.2, -0.15) is 4.98 Å². The Morgan fingerprint density at radius 3 is 2.40 bits per heavy atom. The van der Waals surface area contributed by atoms with Crippen LogP contribution in [0.5, 0.6) is 5.88 Å². The number of aromatic nitrogens is 2. The molecule has 0 amide bonds. The molecule has 3 rings (SSSR count). The minimum absolute atomic E-state index is 0.0186. The number of non-ortho nitro benzene ring substituents is 1. The third-order valence-corrected chi connectivity index (χ3v) is 4.41. The monoisotopic (exact) mass is 355 g/mol. The summed E-state index contributed by atoms with van der Waals surface area (Å²) in [5.74, 6) is 0.117. The highest BCUT2D eigenvalue weighted by atomic mass is 32.2. The van der Waals surface area contributed by atoms with Crippen molar-refractivity contribution in [2.75, 3.05) is 0 Å². The molecule has 2 N–H and O–H groups in total. The van der Waals surface area contributed by atoms with Crippen molar-refractivity contribution in [3.63, 3.8) is 0 Å². The maximum Gasteiger partial charge on any atom is 0.269 e. The van der Waals surface area contributed by atoms with Gasteiger partial charge in [0.25, 0.3) is 11.2 Å².